The number of hydrogen-bond donors (Lipinski definition) is 0. The molecule has 5 heteroatoms. The zero-order valence-electron chi connectivity index (χ0n) is 7.40. The van der Waals surface area contributed by atoms with Crippen molar-refractivity contribution in [3.05, 3.63) is 22.6 Å². The maximum Gasteiger partial charge on any atom is 0.177 e. The molecule has 4 nitrogen and oxygen atoms in total. The molecule has 0 spiro atoms. The molecule has 13 heavy (non-hydrogen) atoms. The van der Waals surface area contributed by atoms with Gasteiger partial charge in [-0.1, -0.05) is 13.8 Å². The Morgan fingerprint density at radius 3 is 2.77 bits per heavy atom. The van der Waals surface area contributed by atoms with E-state index in [-0.39, 0.29) is 0 Å². The lowest BCUT2D eigenvalue weighted by atomic mass is 10.2. The van der Waals surface area contributed by atoms with E-state index in [0.717, 1.165) is 16.1 Å². The molecule has 2 aromatic rings. The minimum atomic E-state index is 0.330. The summed E-state index contributed by atoms with van der Waals surface area (Å²) in [5.41, 5.74) is 0.784. The van der Waals surface area contributed by atoms with Crippen LogP contribution in [0.5, 0.6) is 0 Å². The summed E-state index contributed by atoms with van der Waals surface area (Å²) in [6, 6.07) is 3.74. The maximum absolute atomic E-state index is 4.27. The Morgan fingerprint density at radius 2 is 2.08 bits per heavy atom. The molecule has 0 saturated heterocycles. The van der Waals surface area contributed by atoms with Crippen LogP contribution >= 0.6 is 15.9 Å². The quantitative estimate of drug-likeness (QED) is 0.766. The average Bonchev–Trinajstić information content (AvgIpc) is 2.46. The number of halogens is 1. The fourth-order valence-corrected chi connectivity index (χ4v) is 1.43. The molecule has 0 aliphatic heterocycles. The molecular formula is C8H9BrN4. The molecule has 0 aliphatic rings. The molecule has 0 aliphatic carbocycles. The van der Waals surface area contributed by atoms with Gasteiger partial charge in [-0.05, 0) is 28.1 Å². The van der Waals surface area contributed by atoms with Gasteiger partial charge < -0.3 is 0 Å². The highest BCUT2D eigenvalue weighted by molar-refractivity contribution is 9.10. The van der Waals surface area contributed by atoms with Crippen molar-refractivity contribution in [2.24, 2.45) is 0 Å². The number of hydrogen-bond acceptors (Lipinski definition) is 3. The summed E-state index contributed by atoms with van der Waals surface area (Å²) in [5, 5.41) is 12.3. The third-order valence-corrected chi connectivity index (χ3v) is 2.19. The van der Waals surface area contributed by atoms with E-state index in [1.165, 1.54) is 0 Å². The van der Waals surface area contributed by atoms with E-state index in [4.69, 9.17) is 0 Å². The van der Waals surface area contributed by atoms with Crippen LogP contribution in [-0.2, 0) is 0 Å². The minimum absolute atomic E-state index is 0.330. The lowest BCUT2D eigenvalue weighted by molar-refractivity contribution is 0.717. The van der Waals surface area contributed by atoms with Gasteiger partial charge >= 0.3 is 0 Å². The van der Waals surface area contributed by atoms with Gasteiger partial charge in [0.2, 0.25) is 0 Å². The number of nitrogens with zero attached hydrogens (tertiary/aromatic N) is 4. The number of aromatic nitrogens is 4. The lowest BCUT2D eigenvalue weighted by Gasteiger charge is -2.00. The van der Waals surface area contributed by atoms with E-state index < -0.39 is 0 Å². The van der Waals surface area contributed by atoms with Gasteiger partial charge in [0, 0.05) is 5.92 Å². The first-order valence-electron chi connectivity index (χ1n) is 4.06. The van der Waals surface area contributed by atoms with Crippen molar-refractivity contribution in [1.29, 1.82) is 0 Å². The highest BCUT2D eigenvalue weighted by atomic mass is 79.9. The van der Waals surface area contributed by atoms with Gasteiger partial charge in [0.15, 0.2) is 11.5 Å². The van der Waals surface area contributed by atoms with Crippen molar-refractivity contribution in [3.63, 3.8) is 0 Å². The van der Waals surface area contributed by atoms with Crippen LogP contribution in [-0.4, -0.2) is 19.8 Å². The first-order chi connectivity index (χ1) is 6.18. The molecule has 0 saturated carbocycles. The second-order valence-corrected chi connectivity index (χ2v) is 3.95. The summed E-state index contributed by atoms with van der Waals surface area (Å²) in [6.45, 7) is 4.14. The van der Waals surface area contributed by atoms with Crippen LogP contribution in [0.3, 0.4) is 0 Å². The van der Waals surface area contributed by atoms with E-state index in [1.54, 1.807) is 4.52 Å². The first kappa shape index (κ1) is 8.62. The fraction of sp³-hybridized carbons (Fsp3) is 0.375. The SMILES string of the molecule is CC(C)c1nnc2ccc(Br)nn12. The van der Waals surface area contributed by atoms with Crippen LogP contribution in [0.2, 0.25) is 0 Å². The monoisotopic (exact) mass is 240 g/mol. The second kappa shape index (κ2) is 3.06. The van der Waals surface area contributed by atoms with Crippen molar-refractivity contribution in [1.82, 2.24) is 19.8 Å². The molecule has 0 atom stereocenters. The Labute approximate surface area is 84.1 Å². The smallest absolute Gasteiger partial charge is 0.177 e. The van der Waals surface area contributed by atoms with Crippen LogP contribution in [0.1, 0.15) is 25.6 Å². The van der Waals surface area contributed by atoms with Gasteiger partial charge in [0.1, 0.15) is 4.60 Å². The van der Waals surface area contributed by atoms with Crippen molar-refractivity contribution < 1.29 is 0 Å². The Morgan fingerprint density at radius 1 is 1.31 bits per heavy atom. The van der Waals surface area contributed by atoms with Gasteiger partial charge in [-0.25, -0.2) is 0 Å². The Balaban J connectivity index is 2.71. The minimum Gasteiger partial charge on any atom is -0.196 e. The number of rotatable bonds is 1. The third kappa shape index (κ3) is 1.44. The van der Waals surface area contributed by atoms with Gasteiger partial charge in [0.05, 0.1) is 0 Å². The van der Waals surface area contributed by atoms with Gasteiger partial charge in [-0.3, -0.25) is 0 Å². The molecule has 0 bridgehead atoms. The van der Waals surface area contributed by atoms with Crippen LogP contribution in [0, 0.1) is 0 Å². The Hall–Kier alpha value is -0.970. The summed E-state index contributed by atoms with van der Waals surface area (Å²) < 4.78 is 2.55. The van der Waals surface area contributed by atoms with Crippen molar-refractivity contribution in [2.45, 2.75) is 19.8 Å². The predicted molar refractivity (Wildman–Crippen MR) is 52.6 cm³/mol. The summed E-state index contributed by atoms with van der Waals surface area (Å²) in [4.78, 5) is 0. The summed E-state index contributed by atoms with van der Waals surface area (Å²) in [7, 11) is 0. The average molecular weight is 241 g/mol. The van der Waals surface area contributed by atoms with E-state index >= 15 is 0 Å². The molecule has 2 aromatic heterocycles. The molecule has 0 fully saturated rings. The maximum atomic E-state index is 4.27. The van der Waals surface area contributed by atoms with Crippen molar-refractivity contribution in [3.8, 4) is 0 Å². The van der Waals surface area contributed by atoms with Gasteiger partial charge in [-0.2, -0.15) is 9.61 Å². The van der Waals surface area contributed by atoms with Crippen LogP contribution in [0.4, 0.5) is 0 Å². The molecule has 0 unspecified atom stereocenters. The van der Waals surface area contributed by atoms with Crippen LogP contribution in [0.15, 0.2) is 16.7 Å². The Kier molecular flexibility index (Phi) is 2.03. The summed E-state index contributed by atoms with van der Waals surface area (Å²) in [5.74, 6) is 1.22. The highest BCUT2D eigenvalue weighted by Gasteiger charge is 2.09. The molecular weight excluding hydrogens is 232 g/mol. The van der Waals surface area contributed by atoms with E-state index in [9.17, 15) is 0 Å². The molecule has 0 N–H and O–H groups in total. The predicted octanol–water partition coefficient (Wildman–Crippen LogP) is 2.01. The van der Waals surface area contributed by atoms with E-state index in [1.807, 2.05) is 12.1 Å². The largest absolute Gasteiger partial charge is 0.196 e. The molecule has 0 aromatic carbocycles. The standard InChI is InChI=1S/C8H9BrN4/c1-5(2)8-11-10-7-4-3-6(9)12-13(7)8/h3-5H,1-2H3. The fourth-order valence-electron chi connectivity index (χ4n) is 1.14. The lowest BCUT2D eigenvalue weighted by Crippen LogP contribution is -2.00. The second-order valence-electron chi connectivity index (χ2n) is 3.14. The molecule has 0 radical (unpaired) electrons. The molecule has 0 amide bonds. The van der Waals surface area contributed by atoms with Crippen molar-refractivity contribution >= 4 is 21.6 Å². The zero-order chi connectivity index (χ0) is 9.42. The van der Waals surface area contributed by atoms with Gasteiger partial charge in [0.25, 0.3) is 0 Å². The first-order valence-corrected chi connectivity index (χ1v) is 4.85. The summed E-state index contributed by atoms with van der Waals surface area (Å²) >= 11 is 3.31. The number of fused-ring (bicyclic) bond motifs is 1. The summed E-state index contributed by atoms with van der Waals surface area (Å²) in [6.07, 6.45) is 0. The molecule has 2 heterocycles. The topological polar surface area (TPSA) is 43.1 Å². The third-order valence-electron chi connectivity index (χ3n) is 1.77. The zero-order valence-corrected chi connectivity index (χ0v) is 8.98. The van der Waals surface area contributed by atoms with Crippen LogP contribution < -0.4 is 0 Å². The normalized spacial score (nSPS) is 11.4. The van der Waals surface area contributed by atoms with Crippen LogP contribution in [0.25, 0.3) is 5.65 Å². The van der Waals surface area contributed by atoms with Crippen molar-refractivity contribution in [2.75, 3.05) is 0 Å². The Bertz CT molecular complexity index is 435. The van der Waals surface area contributed by atoms with E-state index in [2.05, 4.69) is 45.1 Å². The highest BCUT2D eigenvalue weighted by Crippen LogP contribution is 2.13. The molecule has 2 rings (SSSR count). The van der Waals surface area contributed by atoms with Gasteiger partial charge in [-0.15, -0.1) is 10.2 Å². The molecule has 68 valence electrons. The van der Waals surface area contributed by atoms with E-state index in [0.29, 0.717) is 5.92 Å².